The molecule has 4 heteroatoms. The summed E-state index contributed by atoms with van der Waals surface area (Å²) in [7, 11) is 0. The topological polar surface area (TPSA) is 46.0 Å². The largest absolute Gasteiger partial charge is 0.387 e. The Bertz CT molecular complexity index is 402. The fourth-order valence-corrected chi connectivity index (χ4v) is 2.13. The van der Waals surface area contributed by atoms with E-state index in [4.69, 9.17) is 0 Å². The summed E-state index contributed by atoms with van der Waals surface area (Å²) >= 11 is 1.47. The molecule has 78 valence electrons. The number of rotatable bonds is 3. The fraction of sp³-hybridized carbons (Fsp3) is 0.273. The summed E-state index contributed by atoms with van der Waals surface area (Å²) in [6.07, 6.45) is 2.92. The number of thiazole rings is 1. The number of aliphatic hydroxyl groups is 1. The molecule has 0 bridgehead atoms. The molecule has 2 aromatic rings. The van der Waals surface area contributed by atoms with Gasteiger partial charge in [-0.15, -0.1) is 11.3 Å². The van der Waals surface area contributed by atoms with Crippen molar-refractivity contribution in [3.05, 3.63) is 46.7 Å². The molecule has 2 heterocycles. The van der Waals surface area contributed by atoms with Crippen LogP contribution in [0.1, 0.15) is 29.5 Å². The third kappa shape index (κ3) is 2.22. The van der Waals surface area contributed by atoms with E-state index in [0.717, 1.165) is 10.6 Å². The van der Waals surface area contributed by atoms with E-state index in [0.29, 0.717) is 0 Å². The lowest BCUT2D eigenvalue weighted by molar-refractivity contribution is 0.153. The van der Waals surface area contributed by atoms with Gasteiger partial charge in [-0.25, -0.2) is 0 Å². The van der Waals surface area contributed by atoms with Crippen molar-refractivity contribution < 1.29 is 5.11 Å². The molecule has 0 aromatic carbocycles. The third-order valence-electron chi connectivity index (χ3n) is 2.37. The van der Waals surface area contributed by atoms with Crippen LogP contribution in [0.5, 0.6) is 0 Å². The molecule has 0 aliphatic carbocycles. The van der Waals surface area contributed by atoms with Gasteiger partial charge in [0.25, 0.3) is 0 Å². The molecule has 0 radical (unpaired) electrons. The second-order valence-electron chi connectivity index (χ2n) is 3.39. The molecule has 2 unspecified atom stereocenters. The van der Waals surface area contributed by atoms with E-state index in [9.17, 15) is 5.11 Å². The molecule has 15 heavy (non-hydrogen) atoms. The molecule has 2 atom stereocenters. The number of hydrogen-bond acceptors (Lipinski definition) is 4. The summed E-state index contributed by atoms with van der Waals surface area (Å²) in [6.45, 7) is 1.96. The first-order valence-electron chi connectivity index (χ1n) is 4.76. The molecular formula is C11H12N2OS. The Morgan fingerprint density at radius 2 is 2.27 bits per heavy atom. The molecule has 0 amide bonds. The third-order valence-corrected chi connectivity index (χ3v) is 3.22. The summed E-state index contributed by atoms with van der Waals surface area (Å²) in [5.41, 5.74) is 2.63. The first kappa shape index (κ1) is 10.3. The zero-order chi connectivity index (χ0) is 10.7. The average molecular weight is 220 g/mol. The minimum absolute atomic E-state index is 0.00773. The van der Waals surface area contributed by atoms with E-state index < -0.39 is 6.10 Å². The Hall–Kier alpha value is -1.26. The molecule has 0 spiro atoms. The Kier molecular flexibility index (Phi) is 3.08. The first-order chi connectivity index (χ1) is 7.29. The van der Waals surface area contributed by atoms with E-state index in [1.165, 1.54) is 11.3 Å². The molecule has 0 fully saturated rings. The molecule has 2 rings (SSSR count). The van der Waals surface area contributed by atoms with Crippen LogP contribution in [0.3, 0.4) is 0 Å². The van der Waals surface area contributed by atoms with Gasteiger partial charge in [0, 0.05) is 24.0 Å². The summed E-state index contributed by atoms with van der Waals surface area (Å²) in [5.74, 6) is -0.00773. The maximum absolute atomic E-state index is 10.1. The Labute approximate surface area is 92.5 Å². The SMILES string of the molecule is CC(c1ccccn1)C(O)c1cncs1. The second kappa shape index (κ2) is 4.51. The van der Waals surface area contributed by atoms with Crippen molar-refractivity contribution in [2.75, 3.05) is 0 Å². The zero-order valence-corrected chi connectivity index (χ0v) is 9.19. The van der Waals surface area contributed by atoms with E-state index >= 15 is 0 Å². The highest BCUT2D eigenvalue weighted by atomic mass is 32.1. The van der Waals surface area contributed by atoms with E-state index in [1.54, 1.807) is 17.9 Å². The van der Waals surface area contributed by atoms with E-state index in [1.807, 2.05) is 25.1 Å². The number of hydrogen-bond donors (Lipinski definition) is 1. The minimum Gasteiger partial charge on any atom is -0.387 e. The van der Waals surface area contributed by atoms with Crippen LogP contribution in [0.2, 0.25) is 0 Å². The highest BCUT2D eigenvalue weighted by Crippen LogP contribution is 2.30. The molecular weight excluding hydrogens is 208 g/mol. The highest BCUT2D eigenvalue weighted by molar-refractivity contribution is 7.09. The normalized spacial score (nSPS) is 14.8. The van der Waals surface area contributed by atoms with Crippen molar-refractivity contribution in [2.24, 2.45) is 0 Å². The monoisotopic (exact) mass is 220 g/mol. The number of aromatic nitrogens is 2. The van der Waals surface area contributed by atoms with Crippen molar-refractivity contribution in [3.8, 4) is 0 Å². The standard InChI is InChI=1S/C11H12N2OS/c1-8(9-4-2-3-5-13-9)11(14)10-6-12-7-15-10/h2-8,11,14H,1H3. The fourth-order valence-electron chi connectivity index (χ4n) is 1.43. The van der Waals surface area contributed by atoms with Gasteiger partial charge in [0.15, 0.2) is 0 Å². The van der Waals surface area contributed by atoms with Crippen molar-refractivity contribution in [3.63, 3.8) is 0 Å². The number of aliphatic hydroxyl groups excluding tert-OH is 1. The van der Waals surface area contributed by atoms with Crippen molar-refractivity contribution in [2.45, 2.75) is 18.9 Å². The van der Waals surface area contributed by atoms with Crippen LogP contribution in [-0.4, -0.2) is 15.1 Å². The zero-order valence-electron chi connectivity index (χ0n) is 8.37. The van der Waals surface area contributed by atoms with Crippen LogP contribution < -0.4 is 0 Å². The predicted molar refractivity (Wildman–Crippen MR) is 59.7 cm³/mol. The molecule has 1 N–H and O–H groups in total. The van der Waals surface area contributed by atoms with Crippen molar-refractivity contribution in [1.82, 2.24) is 9.97 Å². The van der Waals surface area contributed by atoms with Crippen LogP contribution in [0.15, 0.2) is 36.1 Å². The van der Waals surface area contributed by atoms with Crippen LogP contribution in [-0.2, 0) is 0 Å². The van der Waals surface area contributed by atoms with Gasteiger partial charge < -0.3 is 5.11 Å². The van der Waals surface area contributed by atoms with Crippen LogP contribution in [0.25, 0.3) is 0 Å². The summed E-state index contributed by atoms with van der Waals surface area (Å²) in [4.78, 5) is 9.07. The molecule has 0 aliphatic heterocycles. The predicted octanol–water partition coefficient (Wildman–Crippen LogP) is 2.38. The Morgan fingerprint density at radius 1 is 1.40 bits per heavy atom. The Balaban J connectivity index is 2.18. The van der Waals surface area contributed by atoms with E-state index in [-0.39, 0.29) is 5.92 Å². The van der Waals surface area contributed by atoms with Gasteiger partial charge in [-0.1, -0.05) is 13.0 Å². The summed E-state index contributed by atoms with van der Waals surface area (Å²) < 4.78 is 0. The van der Waals surface area contributed by atoms with Crippen molar-refractivity contribution in [1.29, 1.82) is 0 Å². The average Bonchev–Trinajstić information content (AvgIpc) is 2.82. The molecule has 0 saturated heterocycles. The number of nitrogens with zero attached hydrogens (tertiary/aromatic N) is 2. The lowest BCUT2D eigenvalue weighted by Gasteiger charge is -2.16. The van der Waals surface area contributed by atoms with E-state index in [2.05, 4.69) is 9.97 Å². The van der Waals surface area contributed by atoms with Gasteiger partial charge in [0.2, 0.25) is 0 Å². The van der Waals surface area contributed by atoms with Gasteiger partial charge in [-0.05, 0) is 12.1 Å². The lowest BCUT2D eigenvalue weighted by atomic mass is 9.99. The second-order valence-corrected chi connectivity index (χ2v) is 4.31. The summed E-state index contributed by atoms with van der Waals surface area (Å²) in [5, 5.41) is 10.1. The van der Waals surface area contributed by atoms with Crippen LogP contribution in [0.4, 0.5) is 0 Å². The highest BCUT2D eigenvalue weighted by Gasteiger charge is 2.20. The minimum atomic E-state index is -0.521. The molecule has 0 aliphatic rings. The maximum atomic E-state index is 10.1. The smallest absolute Gasteiger partial charge is 0.0978 e. The molecule has 0 saturated carbocycles. The van der Waals surface area contributed by atoms with Crippen molar-refractivity contribution >= 4 is 11.3 Å². The maximum Gasteiger partial charge on any atom is 0.0978 e. The molecule has 3 nitrogen and oxygen atoms in total. The summed E-state index contributed by atoms with van der Waals surface area (Å²) in [6, 6.07) is 5.72. The van der Waals surface area contributed by atoms with Gasteiger partial charge in [-0.3, -0.25) is 9.97 Å². The quantitative estimate of drug-likeness (QED) is 0.863. The Morgan fingerprint density at radius 3 is 2.87 bits per heavy atom. The van der Waals surface area contributed by atoms with Gasteiger partial charge >= 0.3 is 0 Å². The number of pyridine rings is 1. The van der Waals surface area contributed by atoms with Gasteiger partial charge in [-0.2, -0.15) is 0 Å². The van der Waals surface area contributed by atoms with Crippen LogP contribution >= 0.6 is 11.3 Å². The lowest BCUT2D eigenvalue weighted by Crippen LogP contribution is -2.07. The molecule has 2 aromatic heterocycles. The van der Waals surface area contributed by atoms with Crippen LogP contribution in [0, 0.1) is 0 Å². The van der Waals surface area contributed by atoms with Gasteiger partial charge in [0.05, 0.1) is 16.5 Å². The van der Waals surface area contributed by atoms with Gasteiger partial charge in [0.1, 0.15) is 0 Å². The first-order valence-corrected chi connectivity index (χ1v) is 5.64.